The van der Waals surface area contributed by atoms with Gasteiger partial charge in [0.15, 0.2) is 10.8 Å². The van der Waals surface area contributed by atoms with Crippen LogP contribution in [-0.4, -0.2) is 33.2 Å². The van der Waals surface area contributed by atoms with Crippen molar-refractivity contribution in [1.82, 2.24) is 15.0 Å². The number of nitriles is 1. The molecule has 8 heteroatoms. The number of carbonyl (C=O) groups is 1. The number of amides is 1. The van der Waals surface area contributed by atoms with Gasteiger partial charge in [0.25, 0.3) is 0 Å². The fourth-order valence-electron chi connectivity index (χ4n) is 2.13. The van der Waals surface area contributed by atoms with Crippen molar-refractivity contribution in [2.75, 3.05) is 17.2 Å². The van der Waals surface area contributed by atoms with E-state index in [0.717, 1.165) is 5.52 Å². The molecule has 0 spiro atoms. The Hall–Kier alpha value is -2.56. The molecular formula is C16H12ClN5OS. The largest absolute Gasteiger partial charge is 0.331 e. The van der Waals surface area contributed by atoms with Gasteiger partial charge in [-0.05, 0) is 18.2 Å². The number of nitrogens with one attached hydrogen (secondary N) is 1. The van der Waals surface area contributed by atoms with Gasteiger partial charge in [-0.15, -0.1) is 0 Å². The SMILES string of the molecule is N#CCN(C(=O)CSc1nc2ncc(Cl)cc2[nH]1)c1ccccc1. The maximum Gasteiger partial charge on any atom is 0.238 e. The maximum absolute atomic E-state index is 12.5. The number of benzene rings is 1. The van der Waals surface area contributed by atoms with Crippen molar-refractivity contribution < 1.29 is 4.79 Å². The molecule has 0 bridgehead atoms. The predicted molar refractivity (Wildman–Crippen MR) is 94.0 cm³/mol. The molecule has 1 aromatic carbocycles. The first-order valence-electron chi connectivity index (χ1n) is 7.04. The standard InChI is InChI=1S/C16H12ClN5OS/c17-11-8-13-15(19-9-11)21-16(20-13)24-10-14(23)22(7-6-18)12-4-2-1-3-5-12/h1-5,8-9H,7,10H2,(H,19,20,21). The van der Waals surface area contributed by atoms with Crippen LogP contribution in [0.1, 0.15) is 0 Å². The van der Waals surface area contributed by atoms with Gasteiger partial charge in [0.05, 0.1) is 22.4 Å². The molecule has 3 rings (SSSR count). The van der Waals surface area contributed by atoms with Gasteiger partial charge >= 0.3 is 0 Å². The van der Waals surface area contributed by atoms with Crippen LogP contribution in [-0.2, 0) is 4.79 Å². The Morgan fingerprint density at radius 1 is 1.38 bits per heavy atom. The number of pyridine rings is 1. The maximum atomic E-state index is 12.5. The van der Waals surface area contributed by atoms with Crippen molar-refractivity contribution in [2.24, 2.45) is 0 Å². The fraction of sp³-hybridized carbons (Fsp3) is 0.125. The van der Waals surface area contributed by atoms with E-state index in [1.807, 2.05) is 24.3 Å². The van der Waals surface area contributed by atoms with E-state index in [0.29, 0.717) is 21.5 Å². The van der Waals surface area contributed by atoms with Crippen molar-refractivity contribution in [3.63, 3.8) is 0 Å². The first kappa shape index (κ1) is 16.3. The van der Waals surface area contributed by atoms with Crippen molar-refractivity contribution in [3.05, 3.63) is 47.6 Å². The summed E-state index contributed by atoms with van der Waals surface area (Å²) in [5.74, 6) is -0.0105. The third-order valence-corrected chi connectivity index (χ3v) is 4.28. The second-order valence-corrected chi connectivity index (χ2v) is 6.23. The molecule has 6 nitrogen and oxygen atoms in total. The third kappa shape index (κ3) is 3.67. The Kier molecular flexibility index (Phi) is 4.99. The number of thioether (sulfide) groups is 1. The second-order valence-electron chi connectivity index (χ2n) is 4.83. The van der Waals surface area contributed by atoms with Gasteiger partial charge in [-0.3, -0.25) is 9.69 Å². The van der Waals surface area contributed by atoms with E-state index in [1.165, 1.54) is 22.9 Å². The van der Waals surface area contributed by atoms with Crippen LogP contribution >= 0.6 is 23.4 Å². The normalized spacial score (nSPS) is 10.5. The van der Waals surface area contributed by atoms with Gasteiger partial charge in [-0.1, -0.05) is 41.6 Å². The summed E-state index contributed by atoms with van der Waals surface area (Å²) >= 11 is 7.15. The summed E-state index contributed by atoms with van der Waals surface area (Å²) in [6, 6.07) is 12.9. The number of halogens is 1. The van der Waals surface area contributed by atoms with E-state index in [4.69, 9.17) is 16.9 Å². The van der Waals surface area contributed by atoms with E-state index in [1.54, 1.807) is 18.2 Å². The molecule has 0 radical (unpaired) electrons. The van der Waals surface area contributed by atoms with Gasteiger partial charge < -0.3 is 4.98 Å². The molecule has 0 unspecified atom stereocenters. The zero-order chi connectivity index (χ0) is 16.9. The first-order valence-corrected chi connectivity index (χ1v) is 8.40. The number of aromatic nitrogens is 3. The molecule has 120 valence electrons. The molecule has 0 fully saturated rings. The van der Waals surface area contributed by atoms with Crippen LogP contribution in [0.4, 0.5) is 5.69 Å². The van der Waals surface area contributed by atoms with Crippen molar-refractivity contribution in [1.29, 1.82) is 5.26 Å². The van der Waals surface area contributed by atoms with E-state index >= 15 is 0 Å². The number of aromatic amines is 1. The molecule has 0 saturated heterocycles. The Balaban J connectivity index is 1.71. The quantitative estimate of drug-likeness (QED) is 0.559. The Morgan fingerprint density at radius 3 is 2.92 bits per heavy atom. The van der Waals surface area contributed by atoms with E-state index in [9.17, 15) is 4.79 Å². The summed E-state index contributed by atoms with van der Waals surface area (Å²) in [4.78, 5) is 25.4. The predicted octanol–water partition coefficient (Wildman–Crippen LogP) is 3.26. The number of imidazole rings is 1. The third-order valence-electron chi connectivity index (χ3n) is 3.21. The molecule has 24 heavy (non-hydrogen) atoms. The lowest BCUT2D eigenvalue weighted by molar-refractivity contribution is -0.116. The smallest absolute Gasteiger partial charge is 0.238 e. The van der Waals surface area contributed by atoms with Crippen molar-refractivity contribution >= 4 is 46.1 Å². The number of carbonyl (C=O) groups excluding carboxylic acids is 1. The number of hydrogen-bond donors (Lipinski definition) is 1. The summed E-state index contributed by atoms with van der Waals surface area (Å²) < 4.78 is 0. The van der Waals surface area contributed by atoms with Crippen LogP contribution in [0, 0.1) is 11.3 Å². The molecule has 0 aliphatic heterocycles. The number of anilines is 1. The highest BCUT2D eigenvalue weighted by molar-refractivity contribution is 7.99. The van der Waals surface area contributed by atoms with Crippen molar-refractivity contribution in [3.8, 4) is 6.07 Å². The van der Waals surface area contributed by atoms with E-state index < -0.39 is 0 Å². The van der Waals surface area contributed by atoms with Gasteiger partial charge in [-0.2, -0.15) is 5.26 Å². The second kappa shape index (κ2) is 7.34. The summed E-state index contributed by atoms with van der Waals surface area (Å²) in [5, 5.41) is 10.1. The average Bonchev–Trinajstić information content (AvgIpc) is 3.00. The molecule has 0 aliphatic rings. The zero-order valence-corrected chi connectivity index (χ0v) is 14.0. The highest BCUT2D eigenvalue weighted by atomic mass is 35.5. The first-order chi connectivity index (χ1) is 11.7. The van der Waals surface area contributed by atoms with Crippen LogP contribution in [0.15, 0.2) is 47.8 Å². The Bertz CT molecular complexity index is 906. The lowest BCUT2D eigenvalue weighted by atomic mass is 10.3. The number of fused-ring (bicyclic) bond motifs is 1. The summed E-state index contributed by atoms with van der Waals surface area (Å²) in [7, 11) is 0. The summed E-state index contributed by atoms with van der Waals surface area (Å²) in [5.41, 5.74) is 1.96. The van der Waals surface area contributed by atoms with Gasteiger partial charge in [0.2, 0.25) is 5.91 Å². The topological polar surface area (TPSA) is 85.7 Å². The number of hydrogen-bond acceptors (Lipinski definition) is 5. The summed E-state index contributed by atoms with van der Waals surface area (Å²) in [6.45, 7) is 0.000695. The lowest BCUT2D eigenvalue weighted by Gasteiger charge is -2.19. The molecule has 0 atom stereocenters. The van der Waals surface area contributed by atoms with Gasteiger partial charge in [0.1, 0.15) is 6.54 Å². The minimum atomic E-state index is -0.167. The van der Waals surface area contributed by atoms with Crippen LogP contribution in [0.2, 0.25) is 5.02 Å². The molecule has 0 saturated carbocycles. The monoisotopic (exact) mass is 357 g/mol. The number of H-pyrrole nitrogens is 1. The highest BCUT2D eigenvalue weighted by Gasteiger charge is 2.16. The van der Waals surface area contributed by atoms with Gasteiger partial charge in [0, 0.05) is 11.9 Å². The summed E-state index contributed by atoms with van der Waals surface area (Å²) in [6.07, 6.45) is 1.52. The molecule has 1 amide bonds. The molecule has 2 heterocycles. The van der Waals surface area contributed by atoms with Crippen LogP contribution in [0.25, 0.3) is 11.2 Å². The fourth-order valence-corrected chi connectivity index (χ4v) is 3.04. The Labute approximate surface area is 147 Å². The number of nitrogens with zero attached hydrogens (tertiary/aromatic N) is 4. The molecular weight excluding hydrogens is 346 g/mol. The van der Waals surface area contributed by atoms with Gasteiger partial charge in [-0.25, -0.2) is 9.97 Å². The molecule has 0 aliphatic carbocycles. The van der Waals surface area contributed by atoms with Crippen LogP contribution in [0.5, 0.6) is 0 Å². The minimum Gasteiger partial charge on any atom is -0.331 e. The molecule has 2 aromatic heterocycles. The minimum absolute atomic E-state index is 0.000695. The number of para-hydroxylation sites is 1. The van der Waals surface area contributed by atoms with E-state index in [-0.39, 0.29) is 18.2 Å². The van der Waals surface area contributed by atoms with E-state index in [2.05, 4.69) is 15.0 Å². The lowest BCUT2D eigenvalue weighted by Crippen LogP contribution is -2.32. The van der Waals surface area contributed by atoms with Crippen LogP contribution in [0.3, 0.4) is 0 Å². The molecule has 3 aromatic rings. The number of rotatable bonds is 5. The zero-order valence-electron chi connectivity index (χ0n) is 12.4. The van der Waals surface area contributed by atoms with Crippen molar-refractivity contribution in [2.45, 2.75) is 5.16 Å². The van der Waals surface area contributed by atoms with Crippen LogP contribution < -0.4 is 4.90 Å². The average molecular weight is 358 g/mol. The molecule has 1 N–H and O–H groups in total. The highest BCUT2D eigenvalue weighted by Crippen LogP contribution is 2.22. The Morgan fingerprint density at radius 2 is 2.17 bits per heavy atom.